The van der Waals surface area contributed by atoms with Gasteiger partial charge >= 0.3 is 99.3 Å². The van der Waals surface area contributed by atoms with Gasteiger partial charge < -0.3 is 0 Å². The Morgan fingerprint density at radius 3 is 2.33 bits per heavy atom. The van der Waals surface area contributed by atoms with Crippen LogP contribution < -0.4 is 12.3 Å². The molecule has 0 fully saturated rings. The molecule has 0 aliphatic carbocycles. The fourth-order valence-electron chi connectivity index (χ4n) is 1.60. The number of nitrogens with zero attached hydrogens (tertiary/aromatic N) is 1. The van der Waals surface area contributed by atoms with E-state index >= 15 is 0 Å². The van der Waals surface area contributed by atoms with E-state index in [1.165, 1.54) is 14.5 Å². The molecular weight excluding hydrogens is 306 g/mol. The molecule has 0 spiro atoms. The number of aryl methyl sites for hydroxylation is 2. The number of hydrogen-bond acceptors (Lipinski definition) is 2. The molecular formula is C11H14NO2Te+. The monoisotopic (exact) mass is 322 g/mol. The molecule has 4 heteroatoms. The molecule has 1 heterocycles. The van der Waals surface area contributed by atoms with E-state index in [0.717, 1.165) is 11.5 Å². The molecule has 1 aromatic heterocycles. The van der Waals surface area contributed by atoms with Crippen molar-refractivity contribution in [3.63, 3.8) is 0 Å². The molecule has 80 valence electrons. The topological polar surface area (TPSA) is 22.3 Å². The van der Waals surface area contributed by atoms with Crippen molar-refractivity contribution in [2.24, 2.45) is 7.05 Å². The molecule has 0 N–H and O–H groups in total. The maximum absolute atomic E-state index is 5.30. The number of ether oxygens (including phenoxy) is 2. The summed E-state index contributed by atoms with van der Waals surface area (Å²) >= 11 is -0.244. The first-order valence-corrected chi connectivity index (χ1v) is 6.89. The van der Waals surface area contributed by atoms with Crippen LogP contribution in [-0.4, -0.2) is 34.9 Å². The number of aromatic nitrogens is 1. The minimum atomic E-state index is -0.244. The summed E-state index contributed by atoms with van der Waals surface area (Å²) in [5, 5.41) is 1.32. The number of benzene rings is 1. The van der Waals surface area contributed by atoms with Crippen LogP contribution in [0.2, 0.25) is 0 Å². The Labute approximate surface area is 99.2 Å². The Hall–Kier alpha value is -0.720. The second-order valence-electron chi connectivity index (χ2n) is 3.38. The van der Waals surface area contributed by atoms with Crippen LogP contribution in [0, 0.1) is 6.92 Å². The number of hydrogen-bond donors (Lipinski definition) is 0. The fourth-order valence-corrected chi connectivity index (χ4v) is 4.44. The quantitative estimate of drug-likeness (QED) is 0.772. The van der Waals surface area contributed by atoms with Crippen molar-refractivity contribution < 1.29 is 12.3 Å². The maximum atomic E-state index is 5.30. The van der Waals surface area contributed by atoms with E-state index < -0.39 is 0 Å². The zero-order chi connectivity index (χ0) is 11.0. The second kappa shape index (κ2) is 4.03. The molecule has 3 nitrogen and oxygen atoms in total. The van der Waals surface area contributed by atoms with Crippen LogP contribution in [0.4, 0.5) is 0 Å². The standard InChI is InChI=1S/C11H14NO2Te/c1-7-8-5-9(13-3)10(14-4)6-11(8)15-12(7)2/h5-6H,1-4H3/q+1. The SMILES string of the molecule is COc1cc2[te][n+](C)c(C)c2cc1OC. The fraction of sp³-hybridized carbons (Fsp3) is 0.364. The normalized spacial score (nSPS) is 10.7. The van der Waals surface area contributed by atoms with E-state index in [4.69, 9.17) is 9.47 Å². The van der Waals surface area contributed by atoms with Crippen LogP contribution in [0.25, 0.3) is 8.79 Å². The van der Waals surface area contributed by atoms with Crippen molar-refractivity contribution in [3.8, 4) is 11.5 Å². The van der Waals surface area contributed by atoms with Crippen molar-refractivity contribution in [3.05, 3.63) is 17.8 Å². The first kappa shape index (κ1) is 10.8. The number of fused-ring (bicyclic) bond motifs is 1. The van der Waals surface area contributed by atoms with Gasteiger partial charge in [-0.05, 0) is 0 Å². The number of methoxy groups -OCH3 is 2. The summed E-state index contributed by atoms with van der Waals surface area (Å²) in [6.07, 6.45) is 0. The summed E-state index contributed by atoms with van der Waals surface area (Å²) < 4.78 is 14.4. The average molecular weight is 320 g/mol. The molecule has 0 saturated heterocycles. The van der Waals surface area contributed by atoms with Crippen molar-refractivity contribution >= 4 is 29.5 Å². The van der Waals surface area contributed by atoms with Crippen LogP contribution >= 0.6 is 0 Å². The van der Waals surface area contributed by atoms with Gasteiger partial charge in [0.1, 0.15) is 0 Å². The Morgan fingerprint density at radius 2 is 1.73 bits per heavy atom. The molecule has 0 aliphatic rings. The first-order chi connectivity index (χ1) is 7.17. The molecule has 2 rings (SSSR count). The van der Waals surface area contributed by atoms with E-state index in [0.29, 0.717) is 0 Å². The summed E-state index contributed by atoms with van der Waals surface area (Å²) in [5.41, 5.74) is 1.34. The summed E-state index contributed by atoms with van der Waals surface area (Å²) in [6.45, 7) is 2.16. The van der Waals surface area contributed by atoms with Gasteiger partial charge in [-0.15, -0.1) is 0 Å². The van der Waals surface area contributed by atoms with Crippen LogP contribution in [0.15, 0.2) is 12.1 Å². The molecule has 0 aliphatic heterocycles. The van der Waals surface area contributed by atoms with Gasteiger partial charge in [0.05, 0.1) is 0 Å². The Kier molecular flexibility index (Phi) is 2.90. The summed E-state index contributed by atoms with van der Waals surface area (Å²) in [5.74, 6) is 1.66. The van der Waals surface area contributed by atoms with Crippen LogP contribution in [0.5, 0.6) is 11.5 Å². The molecule has 1 aromatic carbocycles. The summed E-state index contributed by atoms with van der Waals surface area (Å²) in [7, 11) is 5.51. The van der Waals surface area contributed by atoms with Gasteiger partial charge in [-0.25, -0.2) is 0 Å². The van der Waals surface area contributed by atoms with E-state index in [1.807, 2.05) is 0 Å². The van der Waals surface area contributed by atoms with Crippen molar-refractivity contribution in [1.29, 1.82) is 0 Å². The van der Waals surface area contributed by atoms with E-state index in [-0.39, 0.29) is 20.7 Å². The van der Waals surface area contributed by atoms with Gasteiger partial charge in [0.15, 0.2) is 0 Å². The molecule has 15 heavy (non-hydrogen) atoms. The van der Waals surface area contributed by atoms with Crippen molar-refractivity contribution in [2.75, 3.05) is 14.2 Å². The van der Waals surface area contributed by atoms with Gasteiger partial charge in [-0.3, -0.25) is 0 Å². The Bertz CT molecular complexity index is 505. The van der Waals surface area contributed by atoms with Crippen molar-refractivity contribution in [1.82, 2.24) is 0 Å². The first-order valence-electron chi connectivity index (χ1n) is 4.69. The van der Waals surface area contributed by atoms with E-state index in [9.17, 15) is 0 Å². The van der Waals surface area contributed by atoms with Gasteiger partial charge in [-0.1, -0.05) is 0 Å². The van der Waals surface area contributed by atoms with Crippen LogP contribution in [0.1, 0.15) is 5.69 Å². The van der Waals surface area contributed by atoms with Crippen molar-refractivity contribution in [2.45, 2.75) is 6.92 Å². The van der Waals surface area contributed by atoms with Crippen LogP contribution in [-0.2, 0) is 7.05 Å². The predicted octanol–water partition coefficient (Wildman–Crippen LogP) is 1.05. The summed E-state index contributed by atoms with van der Waals surface area (Å²) in [4.78, 5) is 0. The average Bonchev–Trinajstić information content (AvgIpc) is 2.53. The predicted molar refractivity (Wildman–Crippen MR) is 59.9 cm³/mol. The molecule has 0 bridgehead atoms. The third-order valence-corrected chi connectivity index (χ3v) is 5.67. The zero-order valence-corrected chi connectivity index (χ0v) is 11.7. The Morgan fingerprint density at radius 1 is 1.13 bits per heavy atom. The van der Waals surface area contributed by atoms with E-state index in [2.05, 4.69) is 28.9 Å². The summed E-state index contributed by atoms with van der Waals surface area (Å²) in [6, 6.07) is 4.20. The number of rotatable bonds is 2. The van der Waals surface area contributed by atoms with Gasteiger partial charge in [-0.2, -0.15) is 0 Å². The Balaban J connectivity index is 2.75. The molecule has 2 aromatic rings. The minimum absolute atomic E-state index is 0.244. The molecule has 0 amide bonds. The molecule has 0 radical (unpaired) electrons. The van der Waals surface area contributed by atoms with Gasteiger partial charge in [0.2, 0.25) is 0 Å². The van der Waals surface area contributed by atoms with Gasteiger partial charge in [0.25, 0.3) is 0 Å². The third kappa shape index (κ3) is 1.73. The van der Waals surface area contributed by atoms with Crippen LogP contribution in [0.3, 0.4) is 0 Å². The van der Waals surface area contributed by atoms with E-state index in [1.54, 1.807) is 14.2 Å². The zero-order valence-electron chi connectivity index (χ0n) is 9.33. The second-order valence-corrected chi connectivity index (χ2v) is 6.72. The molecule has 0 saturated carbocycles. The molecule has 0 atom stereocenters. The van der Waals surface area contributed by atoms with Gasteiger partial charge in [0, 0.05) is 0 Å². The third-order valence-electron chi connectivity index (χ3n) is 2.58. The molecule has 0 unspecified atom stereocenters.